The van der Waals surface area contributed by atoms with Gasteiger partial charge in [-0.05, 0) is 36.5 Å². The summed E-state index contributed by atoms with van der Waals surface area (Å²) in [6.45, 7) is 2.94. The van der Waals surface area contributed by atoms with Gasteiger partial charge in [0.25, 0.3) is 0 Å². The highest BCUT2D eigenvalue weighted by atomic mass is 16.3. The number of phenols is 1. The van der Waals surface area contributed by atoms with E-state index in [-0.39, 0.29) is 6.61 Å². The maximum absolute atomic E-state index is 10.6. The second-order valence-corrected chi connectivity index (χ2v) is 6.30. The lowest BCUT2D eigenvalue weighted by molar-refractivity contribution is 0.300. The summed E-state index contributed by atoms with van der Waals surface area (Å²) in [4.78, 5) is 0. The Kier molecular flexibility index (Phi) is 5.21. The fourth-order valence-corrected chi connectivity index (χ4v) is 3.30. The number of phenolic OH excluding ortho intramolecular Hbond substituents is 1. The molecule has 24 heavy (non-hydrogen) atoms. The molecule has 0 saturated heterocycles. The third-order valence-electron chi connectivity index (χ3n) is 4.60. The minimum Gasteiger partial charge on any atom is -0.507 e. The van der Waals surface area contributed by atoms with Crippen LogP contribution < -0.4 is 0 Å². The summed E-state index contributed by atoms with van der Waals surface area (Å²) in [5, 5.41) is 21.1. The van der Waals surface area contributed by atoms with Crippen LogP contribution in [0.4, 0.5) is 0 Å². The molecule has 1 heterocycles. The molecule has 0 amide bonds. The van der Waals surface area contributed by atoms with Gasteiger partial charge in [-0.15, -0.1) is 0 Å². The number of hydrogen-bond acceptors (Lipinski definition) is 2. The average Bonchev–Trinajstić information content (AvgIpc) is 2.94. The number of rotatable bonds is 7. The maximum Gasteiger partial charge on any atom is 0.123 e. The first-order valence-corrected chi connectivity index (χ1v) is 8.72. The zero-order chi connectivity index (χ0) is 16.9. The van der Waals surface area contributed by atoms with Gasteiger partial charge in [-0.2, -0.15) is 0 Å². The quantitative estimate of drug-likeness (QED) is 0.682. The first-order valence-electron chi connectivity index (χ1n) is 8.72. The van der Waals surface area contributed by atoms with Gasteiger partial charge in [0.2, 0.25) is 0 Å². The number of benzene rings is 2. The van der Waals surface area contributed by atoms with Crippen molar-refractivity contribution in [1.29, 1.82) is 0 Å². The molecule has 0 saturated carbocycles. The topological polar surface area (TPSA) is 45.4 Å². The maximum atomic E-state index is 10.6. The number of aromatic nitrogens is 1. The normalized spacial score (nSPS) is 11.2. The predicted octanol–water partition coefficient (Wildman–Crippen LogP) is 4.27. The number of aryl methyl sites for hydroxylation is 1. The molecule has 126 valence electrons. The Bertz CT molecular complexity index is 820. The van der Waals surface area contributed by atoms with Crippen LogP contribution in [0, 0.1) is 0 Å². The lowest BCUT2D eigenvalue weighted by Crippen LogP contribution is -2.00. The number of nitrogens with zero attached hydrogens (tertiary/aromatic N) is 1. The van der Waals surface area contributed by atoms with Gasteiger partial charge in [0.15, 0.2) is 0 Å². The largest absolute Gasteiger partial charge is 0.507 e. The summed E-state index contributed by atoms with van der Waals surface area (Å²) in [5.41, 5.74) is 4.26. The van der Waals surface area contributed by atoms with E-state index in [0.29, 0.717) is 18.7 Å². The summed E-state index contributed by atoms with van der Waals surface area (Å²) in [5.74, 6) is 0.424. The minimum absolute atomic E-state index is 0.145. The van der Waals surface area contributed by atoms with Crippen molar-refractivity contribution in [2.24, 2.45) is 0 Å². The fraction of sp³-hybridized carbons (Fsp3) is 0.333. The Morgan fingerprint density at radius 1 is 0.917 bits per heavy atom. The molecule has 1 aromatic heterocycles. The number of aliphatic hydroxyl groups excluding tert-OH is 1. The number of para-hydroxylation sites is 2. The molecule has 0 atom stereocenters. The Balaban J connectivity index is 1.95. The molecule has 3 aromatic rings. The van der Waals surface area contributed by atoms with E-state index in [1.54, 1.807) is 0 Å². The van der Waals surface area contributed by atoms with E-state index in [1.165, 1.54) is 5.39 Å². The molecule has 3 heteroatoms. The van der Waals surface area contributed by atoms with Gasteiger partial charge in [0.05, 0.1) is 6.54 Å². The van der Waals surface area contributed by atoms with Crippen molar-refractivity contribution in [3.05, 3.63) is 65.4 Å². The third-order valence-corrected chi connectivity index (χ3v) is 4.60. The third kappa shape index (κ3) is 3.31. The van der Waals surface area contributed by atoms with Crippen LogP contribution in [0.3, 0.4) is 0 Å². The van der Waals surface area contributed by atoms with E-state index in [1.807, 2.05) is 30.3 Å². The number of hydrogen-bond donors (Lipinski definition) is 2. The van der Waals surface area contributed by atoms with E-state index in [2.05, 4.69) is 29.8 Å². The summed E-state index contributed by atoms with van der Waals surface area (Å²) >= 11 is 0. The molecule has 0 spiro atoms. The second kappa shape index (κ2) is 7.54. The van der Waals surface area contributed by atoms with E-state index in [0.717, 1.165) is 41.5 Å². The smallest absolute Gasteiger partial charge is 0.123 e. The molecule has 0 unspecified atom stereocenters. The van der Waals surface area contributed by atoms with E-state index in [4.69, 9.17) is 0 Å². The van der Waals surface area contributed by atoms with Crippen molar-refractivity contribution in [3.63, 3.8) is 0 Å². The molecular weight excluding hydrogens is 298 g/mol. The Labute approximate surface area is 143 Å². The highest BCUT2D eigenvalue weighted by molar-refractivity contribution is 5.84. The van der Waals surface area contributed by atoms with Crippen molar-refractivity contribution in [1.82, 2.24) is 4.57 Å². The molecule has 0 bridgehead atoms. The first-order chi connectivity index (χ1) is 11.7. The van der Waals surface area contributed by atoms with Crippen molar-refractivity contribution in [2.75, 3.05) is 6.61 Å². The van der Waals surface area contributed by atoms with E-state index in [9.17, 15) is 10.2 Å². The Morgan fingerprint density at radius 2 is 1.71 bits per heavy atom. The van der Waals surface area contributed by atoms with Crippen molar-refractivity contribution in [3.8, 4) is 5.75 Å². The van der Waals surface area contributed by atoms with Crippen LogP contribution in [0.25, 0.3) is 10.9 Å². The summed E-state index contributed by atoms with van der Waals surface area (Å²) in [6, 6.07) is 14.3. The summed E-state index contributed by atoms with van der Waals surface area (Å²) < 4.78 is 2.17. The zero-order valence-corrected chi connectivity index (χ0v) is 14.2. The molecule has 0 fully saturated rings. The van der Waals surface area contributed by atoms with Crippen molar-refractivity contribution >= 4 is 10.9 Å². The van der Waals surface area contributed by atoms with Crippen LogP contribution >= 0.6 is 0 Å². The van der Waals surface area contributed by atoms with Gasteiger partial charge < -0.3 is 14.8 Å². The summed E-state index contributed by atoms with van der Waals surface area (Å²) in [6.07, 6.45) is 5.87. The molecular formula is C21H25NO2. The highest BCUT2D eigenvalue weighted by Crippen LogP contribution is 2.28. The van der Waals surface area contributed by atoms with Crippen LogP contribution in [0.2, 0.25) is 0 Å². The van der Waals surface area contributed by atoms with E-state index < -0.39 is 0 Å². The van der Waals surface area contributed by atoms with E-state index >= 15 is 0 Å². The lowest BCUT2D eigenvalue weighted by Gasteiger charge is -2.11. The molecule has 2 N–H and O–H groups in total. The van der Waals surface area contributed by atoms with Crippen molar-refractivity contribution in [2.45, 2.75) is 39.2 Å². The number of unbranched alkanes of at least 4 members (excludes halogenated alkanes) is 1. The highest BCUT2D eigenvalue weighted by Gasteiger charge is 2.11. The zero-order valence-electron chi connectivity index (χ0n) is 14.2. The standard InChI is InChI=1S/C21H25NO2/c1-2-3-7-16-8-6-9-18(21(16)24)15-22-14-17(12-13-23)19-10-4-5-11-20(19)22/h4-6,8-11,14,23-24H,2-3,7,12-13,15H2,1H3. The van der Waals surface area contributed by atoms with Gasteiger partial charge in [0, 0.05) is 29.3 Å². The fourth-order valence-electron chi connectivity index (χ4n) is 3.30. The Hall–Kier alpha value is -2.26. The van der Waals surface area contributed by atoms with Crippen LogP contribution in [0.5, 0.6) is 5.75 Å². The number of fused-ring (bicyclic) bond motifs is 1. The van der Waals surface area contributed by atoms with Gasteiger partial charge >= 0.3 is 0 Å². The predicted molar refractivity (Wildman–Crippen MR) is 98.5 cm³/mol. The number of aromatic hydroxyl groups is 1. The van der Waals surface area contributed by atoms with Gasteiger partial charge in [-0.1, -0.05) is 49.7 Å². The number of aliphatic hydroxyl groups is 1. The molecule has 0 radical (unpaired) electrons. The van der Waals surface area contributed by atoms with Crippen LogP contribution in [0.1, 0.15) is 36.5 Å². The Morgan fingerprint density at radius 3 is 2.50 bits per heavy atom. The molecule has 3 rings (SSSR count). The van der Waals surface area contributed by atoms with Crippen LogP contribution in [-0.2, 0) is 19.4 Å². The molecule has 3 nitrogen and oxygen atoms in total. The first kappa shape index (κ1) is 16.6. The monoisotopic (exact) mass is 323 g/mol. The summed E-state index contributed by atoms with van der Waals surface area (Å²) in [7, 11) is 0. The van der Waals surface area contributed by atoms with Crippen LogP contribution in [-0.4, -0.2) is 21.4 Å². The molecule has 0 aliphatic carbocycles. The molecule has 0 aliphatic heterocycles. The van der Waals surface area contributed by atoms with Crippen molar-refractivity contribution < 1.29 is 10.2 Å². The van der Waals surface area contributed by atoms with Gasteiger partial charge in [-0.25, -0.2) is 0 Å². The molecule has 2 aromatic carbocycles. The van der Waals surface area contributed by atoms with Gasteiger partial charge in [0.1, 0.15) is 5.75 Å². The second-order valence-electron chi connectivity index (χ2n) is 6.30. The van der Waals surface area contributed by atoms with Crippen LogP contribution in [0.15, 0.2) is 48.7 Å². The minimum atomic E-state index is 0.145. The lowest BCUT2D eigenvalue weighted by atomic mass is 10.0. The van der Waals surface area contributed by atoms with Gasteiger partial charge in [-0.3, -0.25) is 0 Å². The molecule has 0 aliphatic rings. The SMILES string of the molecule is CCCCc1cccc(Cn2cc(CCO)c3ccccc32)c1O. The average molecular weight is 323 g/mol.